The van der Waals surface area contributed by atoms with Gasteiger partial charge in [0.2, 0.25) is 5.91 Å². The lowest BCUT2D eigenvalue weighted by Gasteiger charge is -2.18. The molecular weight excluding hydrogens is 428 g/mol. The number of unbranched alkanes of at least 4 members (excludes halogenated alkanes) is 3. The average molecular weight is 460 g/mol. The van der Waals surface area contributed by atoms with E-state index >= 15 is 0 Å². The van der Waals surface area contributed by atoms with Crippen LogP contribution in [0.25, 0.3) is 0 Å². The summed E-state index contributed by atoms with van der Waals surface area (Å²) in [4.78, 5) is 68.7. The van der Waals surface area contributed by atoms with E-state index in [4.69, 9.17) is 0 Å². The molecule has 0 fully saturated rings. The Morgan fingerprint density at radius 3 is 1.59 bits per heavy atom. The molecule has 0 spiro atoms. The minimum Gasteiger partial charge on any atom is -0.382 e. The third-order valence-electron chi connectivity index (χ3n) is 4.52. The molecule has 0 aliphatic carbocycles. The van der Waals surface area contributed by atoms with Crippen LogP contribution in [-0.4, -0.2) is 92.9 Å². The van der Waals surface area contributed by atoms with Crippen LogP contribution in [-0.2, 0) is 28.8 Å². The Kier molecular flexibility index (Phi) is 14.1. The van der Waals surface area contributed by atoms with Crippen LogP contribution in [0.2, 0.25) is 0 Å². The van der Waals surface area contributed by atoms with E-state index in [0.717, 1.165) is 26.2 Å². The molecule has 6 N–H and O–H groups in total. The Morgan fingerprint density at radius 2 is 1.09 bits per heavy atom. The molecule has 32 heavy (non-hydrogen) atoms. The first-order valence-electron chi connectivity index (χ1n) is 10.2. The molecule has 0 saturated heterocycles. The monoisotopic (exact) mass is 460 g/mol. The number of aliphatic hydroxyl groups is 4. The van der Waals surface area contributed by atoms with Crippen LogP contribution in [0.1, 0.15) is 52.4 Å². The Morgan fingerprint density at radius 1 is 0.625 bits per heavy atom. The van der Waals surface area contributed by atoms with Crippen molar-refractivity contribution in [3.05, 3.63) is 0 Å². The van der Waals surface area contributed by atoms with E-state index in [9.17, 15) is 49.2 Å². The predicted molar refractivity (Wildman–Crippen MR) is 109 cm³/mol. The van der Waals surface area contributed by atoms with Crippen LogP contribution in [0.3, 0.4) is 0 Å². The molecule has 12 heteroatoms. The summed E-state index contributed by atoms with van der Waals surface area (Å²) in [6, 6.07) is 0. The van der Waals surface area contributed by atoms with E-state index in [1.54, 1.807) is 0 Å². The number of carbonyl (C=O) groups excluding carboxylic acids is 6. The minimum absolute atomic E-state index is 0.103. The fourth-order valence-electron chi connectivity index (χ4n) is 2.49. The largest absolute Gasteiger partial charge is 0.382 e. The van der Waals surface area contributed by atoms with Crippen molar-refractivity contribution in [2.24, 2.45) is 0 Å². The molecule has 182 valence electrons. The van der Waals surface area contributed by atoms with Gasteiger partial charge in [-0.25, -0.2) is 0 Å². The van der Waals surface area contributed by atoms with Crippen molar-refractivity contribution in [3.8, 4) is 0 Å². The summed E-state index contributed by atoms with van der Waals surface area (Å²) in [5.74, 6) is -4.69. The third-order valence-corrected chi connectivity index (χ3v) is 4.52. The molecule has 2 amide bonds. The number of Topliss-reactive ketones (excluding diaryl/α,β-unsaturated/α-hetero) is 4. The Hall–Kier alpha value is -2.54. The molecule has 0 saturated carbocycles. The van der Waals surface area contributed by atoms with Gasteiger partial charge < -0.3 is 35.9 Å². The lowest BCUT2D eigenvalue weighted by Crippen LogP contribution is -2.50. The average Bonchev–Trinajstić information content (AvgIpc) is 2.75. The van der Waals surface area contributed by atoms with Crippen LogP contribution in [0.5, 0.6) is 0 Å². The second-order valence-corrected chi connectivity index (χ2v) is 7.43. The second-order valence-electron chi connectivity index (χ2n) is 7.43. The topological polar surface area (TPSA) is 207 Å². The van der Waals surface area contributed by atoms with E-state index in [0.29, 0.717) is 12.8 Å². The number of rotatable bonds is 17. The van der Waals surface area contributed by atoms with E-state index in [1.807, 2.05) is 5.32 Å². The molecule has 4 atom stereocenters. The smallest absolute Gasteiger partial charge is 0.252 e. The summed E-state index contributed by atoms with van der Waals surface area (Å²) < 4.78 is 0. The van der Waals surface area contributed by atoms with Gasteiger partial charge in [0.15, 0.2) is 23.5 Å². The first kappa shape index (κ1) is 29.5. The van der Waals surface area contributed by atoms with Gasteiger partial charge in [0.05, 0.1) is 13.1 Å². The van der Waals surface area contributed by atoms with Crippen molar-refractivity contribution in [1.29, 1.82) is 0 Å². The quantitative estimate of drug-likeness (QED) is 0.124. The maximum atomic E-state index is 11.9. The van der Waals surface area contributed by atoms with Gasteiger partial charge in [0, 0.05) is 12.8 Å². The van der Waals surface area contributed by atoms with E-state index < -0.39 is 66.7 Å². The van der Waals surface area contributed by atoms with Gasteiger partial charge in [-0.2, -0.15) is 0 Å². The van der Waals surface area contributed by atoms with E-state index in [-0.39, 0.29) is 12.2 Å². The third kappa shape index (κ3) is 11.7. The zero-order valence-electron chi connectivity index (χ0n) is 18.2. The standard InChI is InChI=1S/C20H32N2O10/c1-11(23)7-5-3-4-6-8-15(27)21-9-13(25)18(30)19(31)20(32)22-10-14(26)17(29)16(28)12(2)24/h16-19,28-31H,3-10H2,1-2H3,(H,21,27)(H,22,32)/t16-,17-,18-,19+/m0/s1. The summed E-state index contributed by atoms with van der Waals surface area (Å²) in [6.45, 7) is 0.953. The fourth-order valence-corrected chi connectivity index (χ4v) is 2.49. The number of ketones is 4. The van der Waals surface area contributed by atoms with Crippen LogP contribution >= 0.6 is 0 Å². The lowest BCUT2D eigenvalue weighted by atomic mass is 10.1. The van der Waals surface area contributed by atoms with Gasteiger partial charge in [0.1, 0.15) is 24.1 Å². The number of hydrogen-bond acceptors (Lipinski definition) is 10. The number of carbonyl (C=O) groups is 6. The molecule has 0 heterocycles. The second kappa shape index (κ2) is 15.3. The zero-order valence-corrected chi connectivity index (χ0v) is 18.2. The predicted octanol–water partition coefficient (Wildman–Crippen LogP) is -2.68. The van der Waals surface area contributed by atoms with Crippen LogP contribution in [0.15, 0.2) is 0 Å². The molecule has 0 aromatic carbocycles. The highest BCUT2D eigenvalue weighted by Gasteiger charge is 2.32. The van der Waals surface area contributed by atoms with Gasteiger partial charge in [-0.05, 0) is 26.7 Å². The van der Waals surface area contributed by atoms with Gasteiger partial charge in [0.25, 0.3) is 5.91 Å². The number of nitrogens with one attached hydrogen (secondary N) is 2. The highest BCUT2D eigenvalue weighted by Crippen LogP contribution is 2.06. The molecule has 12 nitrogen and oxygen atoms in total. The van der Waals surface area contributed by atoms with Gasteiger partial charge in [-0.15, -0.1) is 0 Å². The van der Waals surface area contributed by atoms with Crippen molar-refractivity contribution >= 4 is 34.9 Å². The molecule has 0 rings (SSSR count). The van der Waals surface area contributed by atoms with Crippen molar-refractivity contribution in [1.82, 2.24) is 10.6 Å². The maximum absolute atomic E-state index is 11.9. The normalized spacial score (nSPS) is 14.6. The van der Waals surface area contributed by atoms with Gasteiger partial charge in [-0.1, -0.05) is 12.8 Å². The van der Waals surface area contributed by atoms with Crippen LogP contribution in [0.4, 0.5) is 0 Å². The molecule has 0 bridgehead atoms. The molecule has 0 aromatic heterocycles. The van der Waals surface area contributed by atoms with Crippen molar-refractivity contribution < 1.29 is 49.2 Å². The molecule has 0 radical (unpaired) electrons. The Balaban J connectivity index is 4.27. The summed E-state index contributed by atoms with van der Waals surface area (Å²) >= 11 is 0. The molecule has 0 unspecified atom stereocenters. The van der Waals surface area contributed by atoms with Gasteiger partial charge in [-0.3, -0.25) is 24.0 Å². The van der Waals surface area contributed by atoms with Crippen LogP contribution < -0.4 is 10.6 Å². The highest BCUT2D eigenvalue weighted by molar-refractivity contribution is 5.97. The first-order valence-corrected chi connectivity index (χ1v) is 10.2. The number of aliphatic hydroxyl groups excluding tert-OH is 4. The van der Waals surface area contributed by atoms with Crippen molar-refractivity contribution in [2.75, 3.05) is 13.1 Å². The summed E-state index contributed by atoms with van der Waals surface area (Å²) in [5.41, 5.74) is 0. The van der Waals surface area contributed by atoms with E-state index in [1.165, 1.54) is 6.92 Å². The summed E-state index contributed by atoms with van der Waals surface area (Å²) in [5, 5.41) is 42.4. The molecule has 0 aromatic rings. The van der Waals surface area contributed by atoms with Crippen molar-refractivity contribution in [3.63, 3.8) is 0 Å². The van der Waals surface area contributed by atoms with E-state index in [2.05, 4.69) is 5.32 Å². The summed E-state index contributed by atoms with van der Waals surface area (Å²) in [6.07, 6.45) is -5.05. The highest BCUT2D eigenvalue weighted by atomic mass is 16.4. The minimum atomic E-state index is -2.25. The van der Waals surface area contributed by atoms with Crippen molar-refractivity contribution in [2.45, 2.75) is 76.8 Å². The van der Waals surface area contributed by atoms with Gasteiger partial charge >= 0.3 is 0 Å². The number of hydrogen-bond donors (Lipinski definition) is 6. The zero-order chi connectivity index (χ0) is 24.8. The Bertz CT molecular complexity index is 694. The molecule has 0 aliphatic heterocycles. The first-order chi connectivity index (χ1) is 14.9. The van der Waals surface area contributed by atoms with Crippen LogP contribution in [0, 0.1) is 0 Å². The Labute approximate surface area is 185 Å². The molecule has 0 aliphatic rings. The number of amides is 2. The molecular formula is C20H32N2O10. The summed E-state index contributed by atoms with van der Waals surface area (Å²) in [7, 11) is 0. The maximum Gasteiger partial charge on any atom is 0.252 e. The lowest BCUT2D eigenvalue weighted by molar-refractivity contribution is -0.146. The SMILES string of the molecule is CC(=O)CCCCCCC(=O)NCC(=O)[C@H](O)[C@@H](O)C(=O)NCC(=O)[C@H](O)[C@@H](O)C(C)=O. The fraction of sp³-hybridized carbons (Fsp3) is 0.700.